The van der Waals surface area contributed by atoms with Crippen LogP contribution in [0.3, 0.4) is 0 Å². The number of benzene rings is 2. The molecule has 0 aliphatic heterocycles. The van der Waals surface area contributed by atoms with Gasteiger partial charge in [-0.15, -0.1) is 0 Å². The molecule has 0 saturated heterocycles. The standard InChI is InChI=1S/C20H24N2O2/c1-3-15-9-5-7-11-17(15)21-19(23)13-14-20(24)22-18-12-8-6-10-16(18)4-2/h5-12H,3-4,13-14H2,1-2H3,(H,21,23)(H,22,24). The van der Waals surface area contributed by atoms with E-state index >= 15 is 0 Å². The van der Waals surface area contributed by atoms with Gasteiger partial charge in [0.2, 0.25) is 11.8 Å². The van der Waals surface area contributed by atoms with Gasteiger partial charge in [-0.2, -0.15) is 0 Å². The van der Waals surface area contributed by atoms with Crippen molar-refractivity contribution in [3.63, 3.8) is 0 Å². The Kier molecular flexibility index (Phi) is 6.55. The molecule has 126 valence electrons. The normalized spacial score (nSPS) is 10.2. The molecule has 24 heavy (non-hydrogen) atoms. The van der Waals surface area contributed by atoms with E-state index in [-0.39, 0.29) is 24.7 Å². The van der Waals surface area contributed by atoms with Gasteiger partial charge in [-0.25, -0.2) is 0 Å². The van der Waals surface area contributed by atoms with Crippen molar-refractivity contribution in [2.24, 2.45) is 0 Å². The van der Waals surface area contributed by atoms with E-state index in [4.69, 9.17) is 0 Å². The summed E-state index contributed by atoms with van der Waals surface area (Å²) in [5, 5.41) is 5.77. The second-order valence-corrected chi connectivity index (χ2v) is 5.62. The van der Waals surface area contributed by atoms with E-state index in [9.17, 15) is 9.59 Å². The molecule has 0 unspecified atom stereocenters. The van der Waals surface area contributed by atoms with Crippen LogP contribution in [0.1, 0.15) is 37.8 Å². The fourth-order valence-corrected chi connectivity index (χ4v) is 2.55. The van der Waals surface area contributed by atoms with E-state index in [0.717, 1.165) is 35.3 Å². The third kappa shape index (κ3) is 4.95. The van der Waals surface area contributed by atoms with Crippen LogP contribution in [0.15, 0.2) is 48.5 Å². The van der Waals surface area contributed by atoms with Gasteiger partial charge in [0.1, 0.15) is 0 Å². The summed E-state index contributed by atoms with van der Waals surface area (Å²) in [7, 11) is 0. The summed E-state index contributed by atoms with van der Waals surface area (Å²) >= 11 is 0. The van der Waals surface area contributed by atoms with Crippen molar-refractivity contribution in [1.29, 1.82) is 0 Å². The molecule has 0 bridgehead atoms. The average molecular weight is 324 g/mol. The first-order chi connectivity index (χ1) is 11.6. The maximum absolute atomic E-state index is 12.1. The van der Waals surface area contributed by atoms with Gasteiger partial charge in [0.05, 0.1) is 0 Å². The van der Waals surface area contributed by atoms with Crippen LogP contribution in [0.4, 0.5) is 11.4 Å². The summed E-state index contributed by atoms with van der Waals surface area (Å²) in [6, 6.07) is 15.4. The van der Waals surface area contributed by atoms with Gasteiger partial charge in [-0.05, 0) is 36.1 Å². The molecule has 2 aromatic carbocycles. The molecule has 0 atom stereocenters. The molecule has 2 N–H and O–H groups in total. The minimum absolute atomic E-state index is 0.144. The molecule has 2 aromatic rings. The van der Waals surface area contributed by atoms with Gasteiger partial charge in [0, 0.05) is 24.2 Å². The first-order valence-electron chi connectivity index (χ1n) is 8.39. The van der Waals surface area contributed by atoms with Crippen molar-refractivity contribution in [3.05, 3.63) is 59.7 Å². The van der Waals surface area contributed by atoms with Crippen molar-refractivity contribution in [2.75, 3.05) is 10.6 Å². The molecular formula is C20H24N2O2. The molecule has 0 fully saturated rings. The fraction of sp³-hybridized carbons (Fsp3) is 0.300. The molecular weight excluding hydrogens is 300 g/mol. The van der Waals surface area contributed by atoms with E-state index in [1.54, 1.807) is 0 Å². The zero-order valence-electron chi connectivity index (χ0n) is 14.3. The van der Waals surface area contributed by atoms with Crippen LogP contribution >= 0.6 is 0 Å². The summed E-state index contributed by atoms with van der Waals surface area (Å²) in [6.45, 7) is 4.09. The van der Waals surface area contributed by atoms with Gasteiger partial charge in [0.25, 0.3) is 0 Å². The first-order valence-corrected chi connectivity index (χ1v) is 8.39. The molecule has 4 heteroatoms. The van der Waals surface area contributed by atoms with Crippen LogP contribution in [0.5, 0.6) is 0 Å². The summed E-state index contributed by atoms with van der Waals surface area (Å²) in [5.41, 5.74) is 3.82. The number of amides is 2. The number of para-hydroxylation sites is 2. The Balaban J connectivity index is 1.86. The number of hydrogen-bond donors (Lipinski definition) is 2. The smallest absolute Gasteiger partial charge is 0.224 e. The summed E-state index contributed by atoms with van der Waals surface area (Å²) in [6.07, 6.45) is 2.03. The lowest BCUT2D eigenvalue weighted by Gasteiger charge is -2.11. The van der Waals surface area contributed by atoms with Crippen molar-refractivity contribution in [2.45, 2.75) is 39.5 Å². The quantitative estimate of drug-likeness (QED) is 0.803. The molecule has 0 spiro atoms. The molecule has 0 radical (unpaired) electrons. The Morgan fingerprint density at radius 2 is 1.08 bits per heavy atom. The Labute approximate surface area is 143 Å². The SMILES string of the molecule is CCc1ccccc1NC(=O)CCC(=O)Nc1ccccc1CC. The lowest BCUT2D eigenvalue weighted by atomic mass is 10.1. The number of carbonyl (C=O) groups excluding carboxylic acids is 2. The zero-order valence-corrected chi connectivity index (χ0v) is 14.3. The van der Waals surface area contributed by atoms with Gasteiger partial charge < -0.3 is 10.6 Å². The Hall–Kier alpha value is -2.62. The molecule has 0 heterocycles. The minimum atomic E-state index is -0.144. The predicted octanol–water partition coefficient (Wildman–Crippen LogP) is 4.17. The van der Waals surface area contributed by atoms with Crippen LogP contribution in [0.2, 0.25) is 0 Å². The largest absolute Gasteiger partial charge is 0.326 e. The van der Waals surface area contributed by atoms with Crippen LogP contribution < -0.4 is 10.6 Å². The average Bonchev–Trinajstić information content (AvgIpc) is 2.61. The highest BCUT2D eigenvalue weighted by Gasteiger charge is 2.10. The van der Waals surface area contributed by atoms with E-state index in [1.165, 1.54) is 0 Å². The lowest BCUT2D eigenvalue weighted by Crippen LogP contribution is -2.18. The van der Waals surface area contributed by atoms with Gasteiger partial charge in [0.15, 0.2) is 0 Å². The molecule has 2 amide bonds. The van der Waals surface area contributed by atoms with E-state index in [1.807, 2.05) is 62.4 Å². The summed E-state index contributed by atoms with van der Waals surface area (Å²) in [4.78, 5) is 24.1. The highest BCUT2D eigenvalue weighted by molar-refractivity contribution is 5.97. The second-order valence-electron chi connectivity index (χ2n) is 5.62. The summed E-state index contributed by atoms with van der Waals surface area (Å²) < 4.78 is 0. The van der Waals surface area contributed by atoms with Crippen molar-refractivity contribution in [3.8, 4) is 0 Å². The highest BCUT2D eigenvalue weighted by Crippen LogP contribution is 2.17. The molecule has 0 aromatic heterocycles. The number of carbonyl (C=O) groups is 2. The second kappa shape index (κ2) is 8.87. The summed E-state index contributed by atoms with van der Waals surface area (Å²) in [5.74, 6) is -0.287. The number of rotatable bonds is 7. The van der Waals surface area contributed by atoms with E-state index < -0.39 is 0 Å². The van der Waals surface area contributed by atoms with Gasteiger partial charge >= 0.3 is 0 Å². The minimum Gasteiger partial charge on any atom is -0.326 e. The number of aryl methyl sites for hydroxylation is 2. The Morgan fingerprint density at radius 1 is 0.708 bits per heavy atom. The Morgan fingerprint density at radius 3 is 1.46 bits per heavy atom. The first kappa shape index (κ1) is 17.7. The van der Waals surface area contributed by atoms with Crippen molar-refractivity contribution >= 4 is 23.2 Å². The lowest BCUT2D eigenvalue weighted by molar-refractivity contribution is -0.121. The van der Waals surface area contributed by atoms with Gasteiger partial charge in [-0.3, -0.25) is 9.59 Å². The molecule has 0 saturated carbocycles. The third-order valence-electron chi connectivity index (χ3n) is 3.92. The number of hydrogen-bond acceptors (Lipinski definition) is 2. The maximum Gasteiger partial charge on any atom is 0.224 e. The number of nitrogens with one attached hydrogen (secondary N) is 2. The third-order valence-corrected chi connectivity index (χ3v) is 3.92. The van der Waals surface area contributed by atoms with Crippen molar-refractivity contribution in [1.82, 2.24) is 0 Å². The van der Waals surface area contributed by atoms with E-state index in [2.05, 4.69) is 10.6 Å². The van der Waals surface area contributed by atoms with Crippen LogP contribution in [-0.2, 0) is 22.4 Å². The molecule has 4 nitrogen and oxygen atoms in total. The molecule has 0 aliphatic rings. The van der Waals surface area contributed by atoms with Crippen molar-refractivity contribution < 1.29 is 9.59 Å². The zero-order chi connectivity index (χ0) is 17.4. The van der Waals surface area contributed by atoms with Crippen LogP contribution in [0.25, 0.3) is 0 Å². The van der Waals surface area contributed by atoms with Crippen LogP contribution in [-0.4, -0.2) is 11.8 Å². The fourth-order valence-electron chi connectivity index (χ4n) is 2.55. The molecule has 2 rings (SSSR count). The predicted molar refractivity (Wildman–Crippen MR) is 98.1 cm³/mol. The highest BCUT2D eigenvalue weighted by atomic mass is 16.2. The maximum atomic E-state index is 12.1. The number of anilines is 2. The van der Waals surface area contributed by atoms with E-state index in [0.29, 0.717) is 0 Å². The molecule has 0 aliphatic carbocycles. The Bertz CT molecular complexity index is 649. The van der Waals surface area contributed by atoms with Crippen LogP contribution in [0, 0.1) is 0 Å². The topological polar surface area (TPSA) is 58.2 Å². The van der Waals surface area contributed by atoms with Gasteiger partial charge in [-0.1, -0.05) is 50.2 Å². The monoisotopic (exact) mass is 324 g/mol.